The molecule has 0 saturated carbocycles. The molecule has 44 heavy (non-hydrogen) atoms. The molecule has 0 saturated heterocycles. The zero-order chi connectivity index (χ0) is 29.2. The van der Waals surface area contributed by atoms with E-state index in [0.29, 0.717) is 5.56 Å². The quantitative estimate of drug-likeness (QED) is 0.195. The summed E-state index contributed by atoms with van der Waals surface area (Å²) in [6.45, 7) is 0. The van der Waals surface area contributed by atoms with Gasteiger partial charge in [0.1, 0.15) is 17.0 Å². The molecule has 1 aromatic heterocycles. The first-order chi connectivity index (χ1) is 21.7. The standard InChI is InChI=1S/C42H25FO/c43-37-20-10-19-30(26-11-2-1-3-12-26)42(37)41-33-17-8-6-15-31(33)40(32-16-7-9-18-34(32)41)29-21-22-38-35(24-29)36-23-27-13-4-5-14-28(27)25-39(36)44-38/h1-25H. The maximum atomic E-state index is 16.1. The smallest absolute Gasteiger partial charge is 0.136 e. The first kappa shape index (κ1) is 24.8. The van der Waals surface area contributed by atoms with Gasteiger partial charge in [0.25, 0.3) is 0 Å². The third kappa shape index (κ3) is 3.71. The summed E-state index contributed by atoms with van der Waals surface area (Å²) in [6.07, 6.45) is 0. The molecule has 0 aliphatic heterocycles. The van der Waals surface area contributed by atoms with Crippen LogP contribution in [0.4, 0.5) is 4.39 Å². The van der Waals surface area contributed by atoms with Gasteiger partial charge in [-0.25, -0.2) is 4.39 Å². The van der Waals surface area contributed by atoms with Gasteiger partial charge in [0.05, 0.1) is 0 Å². The molecule has 0 aliphatic carbocycles. The van der Waals surface area contributed by atoms with E-state index in [1.54, 1.807) is 12.1 Å². The summed E-state index contributed by atoms with van der Waals surface area (Å²) in [6, 6.07) is 51.5. The van der Waals surface area contributed by atoms with Crippen LogP contribution in [0.2, 0.25) is 0 Å². The van der Waals surface area contributed by atoms with E-state index in [1.165, 1.54) is 5.39 Å². The highest BCUT2D eigenvalue weighted by Gasteiger charge is 2.22. The number of rotatable bonds is 3. The van der Waals surface area contributed by atoms with Crippen molar-refractivity contribution >= 4 is 54.3 Å². The number of benzene rings is 8. The van der Waals surface area contributed by atoms with Crippen LogP contribution < -0.4 is 0 Å². The van der Waals surface area contributed by atoms with Gasteiger partial charge in [-0.2, -0.15) is 0 Å². The lowest BCUT2D eigenvalue weighted by Gasteiger charge is -2.20. The molecule has 206 valence electrons. The molecule has 0 N–H and O–H groups in total. The summed E-state index contributed by atoms with van der Waals surface area (Å²) in [4.78, 5) is 0. The first-order valence-corrected chi connectivity index (χ1v) is 14.9. The molecular formula is C42H25FO. The molecule has 1 heterocycles. The lowest BCUT2D eigenvalue weighted by molar-refractivity contribution is 0.632. The van der Waals surface area contributed by atoms with E-state index in [0.717, 1.165) is 76.7 Å². The Balaban J connectivity index is 1.37. The van der Waals surface area contributed by atoms with Crippen LogP contribution in [0.5, 0.6) is 0 Å². The number of hydrogen-bond donors (Lipinski definition) is 0. The lowest BCUT2D eigenvalue weighted by Crippen LogP contribution is -1.95. The Bertz CT molecular complexity index is 2500. The van der Waals surface area contributed by atoms with E-state index < -0.39 is 0 Å². The molecule has 0 bridgehead atoms. The van der Waals surface area contributed by atoms with Crippen LogP contribution >= 0.6 is 0 Å². The monoisotopic (exact) mass is 564 g/mol. The van der Waals surface area contributed by atoms with Crippen molar-refractivity contribution in [3.8, 4) is 33.4 Å². The fourth-order valence-electron chi connectivity index (χ4n) is 6.96. The molecule has 0 spiro atoms. The third-order valence-electron chi connectivity index (χ3n) is 8.91. The second-order valence-corrected chi connectivity index (χ2v) is 11.4. The van der Waals surface area contributed by atoms with Crippen molar-refractivity contribution in [2.24, 2.45) is 0 Å². The van der Waals surface area contributed by atoms with E-state index in [4.69, 9.17) is 4.42 Å². The Kier molecular flexibility index (Phi) is 5.45. The van der Waals surface area contributed by atoms with E-state index in [1.807, 2.05) is 48.5 Å². The molecule has 8 aromatic carbocycles. The van der Waals surface area contributed by atoms with E-state index in [2.05, 4.69) is 91.0 Å². The largest absolute Gasteiger partial charge is 0.456 e. The predicted octanol–water partition coefficient (Wildman–Crippen LogP) is 12.2. The minimum atomic E-state index is -0.229. The Labute approximate surface area is 253 Å². The van der Waals surface area contributed by atoms with Crippen LogP contribution in [-0.2, 0) is 0 Å². The molecule has 1 nitrogen and oxygen atoms in total. The molecule has 0 radical (unpaired) electrons. The van der Waals surface area contributed by atoms with Gasteiger partial charge in [0.15, 0.2) is 0 Å². The third-order valence-corrected chi connectivity index (χ3v) is 8.91. The molecule has 9 rings (SSSR count). The number of furan rings is 1. The Morgan fingerprint density at radius 3 is 1.66 bits per heavy atom. The molecule has 2 heteroatoms. The fourth-order valence-corrected chi connectivity index (χ4v) is 6.96. The molecule has 0 unspecified atom stereocenters. The van der Waals surface area contributed by atoms with Crippen molar-refractivity contribution in [2.75, 3.05) is 0 Å². The van der Waals surface area contributed by atoms with Crippen molar-refractivity contribution in [1.82, 2.24) is 0 Å². The van der Waals surface area contributed by atoms with Crippen molar-refractivity contribution in [3.05, 3.63) is 157 Å². The topological polar surface area (TPSA) is 13.1 Å². The second-order valence-electron chi connectivity index (χ2n) is 11.4. The summed E-state index contributed by atoms with van der Waals surface area (Å²) in [5, 5.41) is 8.74. The molecule has 0 fully saturated rings. The summed E-state index contributed by atoms with van der Waals surface area (Å²) in [5.74, 6) is -0.229. The summed E-state index contributed by atoms with van der Waals surface area (Å²) in [7, 11) is 0. The zero-order valence-corrected chi connectivity index (χ0v) is 23.7. The molecular weight excluding hydrogens is 539 g/mol. The normalized spacial score (nSPS) is 11.8. The minimum Gasteiger partial charge on any atom is -0.456 e. The van der Waals surface area contributed by atoms with Gasteiger partial charge in [0, 0.05) is 21.9 Å². The molecule has 0 aliphatic rings. The molecule has 9 aromatic rings. The van der Waals surface area contributed by atoms with Crippen molar-refractivity contribution in [1.29, 1.82) is 0 Å². The fraction of sp³-hybridized carbons (Fsp3) is 0. The van der Waals surface area contributed by atoms with Crippen molar-refractivity contribution in [3.63, 3.8) is 0 Å². The van der Waals surface area contributed by atoms with E-state index in [-0.39, 0.29) is 5.82 Å². The van der Waals surface area contributed by atoms with Gasteiger partial charge in [-0.3, -0.25) is 0 Å². The van der Waals surface area contributed by atoms with Gasteiger partial charge in [-0.1, -0.05) is 121 Å². The van der Waals surface area contributed by atoms with Crippen LogP contribution in [0.3, 0.4) is 0 Å². The van der Waals surface area contributed by atoms with Crippen molar-refractivity contribution in [2.45, 2.75) is 0 Å². The van der Waals surface area contributed by atoms with Crippen LogP contribution in [-0.4, -0.2) is 0 Å². The molecule has 0 atom stereocenters. The zero-order valence-electron chi connectivity index (χ0n) is 23.7. The highest BCUT2D eigenvalue weighted by molar-refractivity contribution is 6.23. The van der Waals surface area contributed by atoms with Crippen LogP contribution in [0.25, 0.3) is 87.6 Å². The number of fused-ring (bicyclic) bond motifs is 6. The summed E-state index contributed by atoms with van der Waals surface area (Å²) >= 11 is 0. The van der Waals surface area contributed by atoms with Crippen LogP contribution in [0, 0.1) is 5.82 Å². The van der Waals surface area contributed by atoms with Gasteiger partial charge >= 0.3 is 0 Å². The average Bonchev–Trinajstić information content (AvgIpc) is 3.43. The maximum Gasteiger partial charge on any atom is 0.136 e. The minimum absolute atomic E-state index is 0.229. The Morgan fingerprint density at radius 1 is 0.364 bits per heavy atom. The molecule has 0 amide bonds. The van der Waals surface area contributed by atoms with E-state index >= 15 is 4.39 Å². The van der Waals surface area contributed by atoms with Gasteiger partial charge < -0.3 is 4.42 Å². The Hall–Kier alpha value is -5.73. The number of halogens is 1. The van der Waals surface area contributed by atoms with Gasteiger partial charge in [0.2, 0.25) is 0 Å². The SMILES string of the molecule is Fc1cccc(-c2ccccc2)c1-c1c2ccccc2c(-c2ccc3oc4cc5ccccc5cc4c3c2)c2ccccc12. The van der Waals surface area contributed by atoms with Crippen LogP contribution in [0.15, 0.2) is 156 Å². The highest BCUT2D eigenvalue weighted by atomic mass is 19.1. The highest BCUT2D eigenvalue weighted by Crippen LogP contribution is 2.47. The maximum absolute atomic E-state index is 16.1. The second kappa shape index (κ2) is 9.65. The van der Waals surface area contributed by atoms with Gasteiger partial charge in [-0.15, -0.1) is 0 Å². The van der Waals surface area contributed by atoms with E-state index in [9.17, 15) is 0 Å². The first-order valence-electron chi connectivity index (χ1n) is 14.9. The number of hydrogen-bond acceptors (Lipinski definition) is 1. The summed E-state index contributed by atoms with van der Waals surface area (Å²) < 4.78 is 22.4. The average molecular weight is 565 g/mol. The lowest BCUT2D eigenvalue weighted by atomic mass is 9.83. The van der Waals surface area contributed by atoms with Crippen molar-refractivity contribution < 1.29 is 8.81 Å². The summed E-state index contributed by atoms with van der Waals surface area (Å²) in [5.41, 5.74) is 7.39. The Morgan fingerprint density at radius 2 is 0.955 bits per heavy atom. The van der Waals surface area contributed by atoms with Crippen LogP contribution in [0.1, 0.15) is 0 Å². The predicted molar refractivity (Wildman–Crippen MR) is 183 cm³/mol. The van der Waals surface area contributed by atoms with Gasteiger partial charge in [-0.05, 0) is 84.9 Å².